The van der Waals surface area contributed by atoms with Crippen LogP contribution in [-0.4, -0.2) is 81.7 Å². The molecule has 0 bridgehead atoms. The molecule has 120 valence electrons. The van der Waals surface area contributed by atoms with Crippen molar-refractivity contribution < 1.29 is 9.53 Å². The average molecular weight is 303 g/mol. The molecule has 0 aromatic heterocycles. The van der Waals surface area contributed by atoms with E-state index in [1.165, 1.54) is 5.69 Å². The third-order valence-electron chi connectivity index (χ3n) is 4.53. The minimum absolute atomic E-state index is 0.220. The zero-order valence-electron chi connectivity index (χ0n) is 13.3. The second-order valence-electron chi connectivity index (χ2n) is 6.15. The minimum Gasteiger partial charge on any atom is -0.378 e. The van der Waals surface area contributed by atoms with Crippen LogP contribution in [0.3, 0.4) is 0 Å². The lowest BCUT2D eigenvalue weighted by molar-refractivity contribution is 0.0876. The maximum Gasteiger partial charge on any atom is 0.176 e. The Balaban J connectivity index is 1.56. The summed E-state index contributed by atoms with van der Waals surface area (Å²) in [7, 11) is 2.13. The van der Waals surface area contributed by atoms with Crippen LogP contribution >= 0.6 is 0 Å². The smallest absolute Gasteiger partial charge is 0.176 e. The number of nitrogens with zero attached hydrogens (tertiary/aromatic N) is 3. The van der Waals surface area contributed by atoms with Crippen molar-refractivity contribution in [3.63, 3.8) is 0 Å². The van der Waals surface area contributed by atoms with Crippen molar-refractivity contribution in [2.75, 3.05) is 71.0 Å². The Kier molecular flexibility index (Phi) is 5.08. The Morgan fingerprint density at radius 3 is 2.27 bits per heavy atom. The average Bonchev–Trinajstić information content (AvgIpc) is 2.58. The van der Waals surface area contributed by atoms with Gasteiger partial charge in [0.15, 0.2) is 5.78 Å². The maximum absolute atomic E-state index is 12.4. The van der Waals surface area contributed by atoms with Crippen molar-refractivity contribution >= 4 is 11.5 Å². The normalized spacial score (nSPS) is 21.0. The Morgan fingerprint density at radius 1 is 1.00 bits per heavy atom. The van der Waals surface area contributed by atoms with Gasteiger partial charge in [-0.3, -0.25) is 9.69 Å². The third-order valence-corrected chi connectivity index (χ3v) is 4.53. The van der Waals surface area contributed by atoms with Gasteiger partial charge < -0.3 is 14.5 Å². The highest BCUT2D eigenvalue weighted by Gasteiger charge is 2.18. The maximum atomic E-state index is 12.4. The summed E-state index contributed by atoms with van der Waals surface area (Å²) in [5.74, 6) is 0.220. The number of carbonyl (C=O) groups excluding carboxylic acids is 1. The molecule has 22 heavy (non-hydrogen) atoms. The molecular weight excluding hydrogens is 278 g/mol. The highest BCUT2D eigenvalue weighted by Crippen LogP contribution is 2.17. The van der Waals surface area contributed by atoms with Gasteiger partial charge in [-0.1, -0.05) is 0 Å². The van der Waals surface area contributed by atoms with Crippen LogP contribution in [0, 0.1) is 0 Å². The number of benzene rings is 1. The summed E-state index contributed by atoms with van der Waals surface area (Å²) < 4.78 is 5.37. The highest BCUT2D eigenvalue weighted by atomic mass is 16.5. The quantitative estimate of drug-likeness (QED) is 0.774. The summed E-state index contributed by atoms with van der Waals surface area (Å²) in [4.78, 5) is 19.2. The summed E-state index contributed by atoms with van der Waals surface area (Å²) >= 11 is 0. The Morgan fingerprint density at radius 2 is 1.64 bits per heavy atom. The van der Waals surface area contributed by atoms with Gasteiger partial charge in [0, 0.05) is 50.5 Å². The molecule has 5 nitrogen and oxygen atoms in total. The first-order valence-electron chi connectivity index (χ1n) is 8.09. The number of Topliss-reactive ketones (excluding diaryl/α,β-unsaturated/α-hetero) is 1. The minimum atomic E-state index is 0.220. The van der Waals surface area contributed by atoms with Gasteiger partial charge in [-0.15, -0.1) is 0 Å². The van der Waals surface area contributed by atoms with Crippen LogP contribution in [0.15, 0.2) is 24.3 Å². The molecule has 0 N–H and O–H groups in total. The molecule has 0 amide bonds. The first-order valence-corrected chi connectivity index (χ1v) is 8.09. The monoisotopic (exact) mass is 303 g/mol. The van der Waals surface area contributed by atoms with E-state index in [1.807, 2.05) is 12.1 Å². The lowest BCUT2D eigenvalue weighted by Crippen LogP contribution is -2.46. The van der Waals surface area contributed by atoms with Crippen LogP contribution in [0.4, 0.5) is 5.69 Å². The van der Waals surface area contributed by atoms with Gasteiger partial charge in [0.05, 0.1) is 19.8 Å². The number of hydrogen-bond donors (Lipinski definition) is 0. The Hall–Kier alpha value is -1.43. The zero-order valence-corrected chi connectivity index (χ0v) is 13.3. The number of carbonyl (C=O) groups is 1. The van der Waals surface area contributed by atoms with E-state index < -0.39 is 0 Å². The van der Waals surface area contributed by atoms with Gasteiger partial charge in [0.25, 0.3) is 0 Å². The lowest BCUT2D eigenvalue weighted by Gasteiger charge is -2.31. The molecule has 2 fully saturated rings. The zero-order chi connectivity index (χ0) is 15.4. The van der Waals surface area contributed by atoms with Crippen molar-refractivity contribution in [2.45, 2.75) is 0 Å². The molecule has 0 aliphatic carbocycles. The third kappa shape index (κ3) is 3.85. The van der Waals surface area contributed by atoms with Crippen molar-refractivity contribution in [3.8, 4) is 0 Å². The number of anilines is 1. The van der Waals surface area contributed by atoms with E-state index in [2.05, 4.69) is 33.9 Å². The summed E-state index contributed by atoms with van der Waals surface area (Å²) in [5.41, 5.74) is 2.00. The van der Waals surface area contributed by atoms with Crippen molar-refractivity contribution in [2.24, 2.45) is 0 Å². The van der Waals surface area contributed by atoms with E-state index in [0.717, 1.165) is 58.0 Å². The molecular formula is C17H25N3O2. The number of ether oxygens (including phenoxy) is 1. The second-order valence-corrected chi connectivity index (χ2v) is 6.15. The molecule has 3 rings (SSSR count). The topological polar surface area (TPSA) is 36.0 Å². The van der Waals surface area contributed by atoms with Crippen LogP contribution in [0.2, 0.25) is 0 Å². The Bertz CT molecular complexity index is 489. The molecule has 2 saturated heterocycles. The van der Waals surface area contributed by atoms with Crippen molar-refractivity contribution in [1.29, 1.82) is 0 Å². The van der Waals surface area contributed by atoms with Crippen LogP contribution in [-0.2, 0) is 4.74 Å². The largest absolute Gasteiger partial charge is 0.378 e. The predicted molar refractivity (Wildman–Crippen MR) is 87.7 cm³/mol. The van der Waals surface area contributed by atoms with Crippen LogP contribution in [0.1, 0.15) is 10.4 Å². The molecule has 0 spiro atoms. The van der Waals surface area contributed by atoms with E-state index in [0.29, 0.717) is 6.54 Å². The van der Waals surface area contributed by atoms with Crippen LogP contribution < -0.4 is 4.90 Å². The summed E-state index contributed by atoms with van der Waals surface area (Å²) in [6, 6.07) is 8.04. The number of piperazine rings is 1. The summed E-state index contributed by atoms with van der Waals surface area (Å²) in [6.45, 7) is 8.00. The van der Waals surface area contributed by atoms with Crippen molar-refractivity contribution in [3.05, 3.63) is 29.8 Å². The van der Waals surface area contributed by atoms with Gasteiger partial charge >= 0.3 is 0 Å². The molecule has 0 radical (unpaired) electrons. The fourth-order valence-electron chi connectivity index (χ4n) is 2.98. The molecule has 2 aliphatic heterocycles. The van der Waals surface area contributed by atoms with E-state index in [9.17, 15) is 4.79 Å². The van der Waals surface area contributed by atoms with E-state index in [1.54, 1.807) is 0 Å². The van der Waals surface area contributed by atoms with E-state index in [4.69, 9.17) is 4.74 Å². The molecule has 2 heterocycles. The van der Waals surface area contributed by atoms with Crippen molar-refractivity contribution in [1.82, 2.24) is 9.80 Å². The van der Waals surface area contributed by atoms with Gasteiger partial charge in [-0.25, -0.2) is 0 Å². The second kappa shape index (κ2) is 7.22. The van der Waals surface area contributed by atoms with Gasteiger partial charge in [-0.05, 0) is 31.3 Å². The standard InChI is InChI=1S/C17H25N3O2/c1-18-6-8-19(9-7-18)14-17(21)15-2-4-16(5-3-15)20-10-12-22-13-11-20/h2-5H,6-14H2,1H3. The van der Waals surface area contributed by atoms with Crippen LogP contribution in [0.5, 0.6) is 0 Å². The van der Waals surface area contributed by atoms with Gasteiger partial charge in [0.2, 0.25) is 0 Å². The SMILES string of the molecule is CN1CCN(CC(=O)c2ccc(N3CCOCC3)cc2)CC1. The number of rotatable bonds is 4. The lowest BCUT2D eigenvalue weighted by atomic mass is 10.1. The molecule has 5 heteroatoms. The molecule has 0 saturated carbocycles. The van der Waals surface area contributed by atoms with E-state index in [-0.39, 0.29) is 5.78 Å². The molecule has 0 unspecified atom stereocenters. The summed E-state index contributed by atoms with van der Waals surface area (Å²) in [6.07, 6.45) is 0. The first-order chi connectivity index (χ1) is 10.7. The van der Waals surface area contributed by atoms with Crippen LogP contribution in [0.25, 0.3) is 0 Å². The first kappa shape index (κ1) is 15.5. The van der Waals surface area contributed by atoms with Gasteiger partial charge in [-0.2, -0.15) is 0 Å². The number of hydrogen-bond acceptors (Lipinski definition) is 5. The fourth-order valence-corrected chi connectivity index (χ4v) is 2.98. The molecule has 1 aromatic rings. The number of ketones is 1. The predicted octanol–water partition coefficient (Wildman–Crippen LogP) is 0.953. The molecule has 0 atom stereocenters. The Labute approximate surface area is 132 Å². The number of morpholine rings is 1. The number of likely N-dealkylation sites (N-methyl/N-ethyl adjacent to an activating group) is 1. The summed E-state index contributed by atoms with van der Waals surface area (Å²) in [5, 5.41) is 0. The highest BCUT2D eigenvalue weighted by molar-refractivity contribution is 5.97. The fraction of sp³-hybridized carbons (Fsp3) is 0.588. The molecule has 1 aromatic carbocycles. The van der Waals surface area contributed by atoms with E-state index >= 15 is 0 Å². The van der Waals surface area contributed by atoms with Gasteiger partial charge in [0.1, 0.15) is 0 Å². The molecule has 2 aliphatic rings.